The average Bonchev–Trinajstić information content (AvgIpc) is 3.29. The molecule has 40 heavy (non-hydrogen) atoms. The minimum absolute atomic E-state index is 0.0635. The molecule has 0 bridgehead atoms. The zero-order valence-corrected chi connectivity index (χ0v) is 21.3. The van der Waals surface area contributed by atoms with Crippen LogP contribution in [0.3, 0.4) is 0 Å². The lowest BCUT2D eigenvalue weighted by molar-refractivity contribution is -0.137. The number of nitrogens with zero attached hydrogens (tertiary/aromatic N) is 1. The number of ether oxygens (including phenoxy) is 2. The largest absolute Gasteiger partial charge is 0.492 e. The molecule has 214 valence electrons. The second kappa shape index (κ2) is 12.1. The fraction of sp³-hybridized carbons (Fsp3) is 0.240. The third kappa shape index (κ3) is 7.37. The molecule has 0 aliphatic rings. The molecule has 1 aromatic heterocycles. The fourth-order valence-corrected chi connectivity index (χ4v) is 4.79. The molecule has 4 N–H and O–H groups in total. The third-order valence-corrected chi connectivity index (χ3v) is 6.96. The molecule has 15 heteroatoms. The number of hydrogen-bond donors (Lipinski definition) is 4. The van der Waals surface area contributed by atoms with Crippen molar-refractivity contribution in [3.05, 3.63) is 77.9 Å². The molecular formula is C25H23F5N4O5S. The van der Waals surface area contributed by atoms with Crippen LogP contribution < -0.4 is 19.5 Å². The molecule has 4 rings (SSSR count). The van der Waals surface area contributed by atoms with Gasteiger partial charge in [0.25, 0.3) is 10.0 Å². The number of anilines is 1. The maximum atomic E-state index is 13.0. The van der Waals surface area contributed by atoms with E-state index in [1.54, 1.807) is 18.2 Å². The normalized spacial score (nSPS) is 13.0. The van der Waals surface area contributed by atoms with Gasteiger partial charge in [-0.2, -0.15) is 22.0 Å². The lowest BCUT2D eigenvalue weighted by Gasteiger charge is -2.15. The molecule has 0 fully saturated rings. The second-order valence-corrected chi connectivity index (χ2v) is 10.1. The predicted octanol–water partition coefficient (Wildman–Crippen LogP) is 4.69. The maximum absolute atomic E-state index is 13.0. The topological polar surface area (TPSA) is 126 Å². The van der Waals surface area contributed by atoms with Gasteiger partial charge in [0.15, 0.2) is 0 Å². The minimum atomic E-state index is -4.70. The number of aliphatic hydroxyl groups excluding tert-OH is 1. The van der Waals surface area contributed by atoms with Crippen LogP contribution in [-0.2, 0) is 16.2 Å². The number of aromatic nitrogens is 2. The Morgan fingerprint density at radius 3 is 2.55 bits per heavy atom. The van der Waals surface area contributed by atoms with Gasteiger partial charge in [-0.1, -0.05) is 18.2 Å². The number of aromatic amines is 1. The van der Waals surface area contributed by atoms with Crippen molar-refractivity contribution in [3.8, 4) is 11.6 Å². The highest BCUT2D eigenvalue weighted by molar-refractivity contribution is 7.92. The molecule has 0 radical (unpaired) electrons. The Balaban J connectivity index is 1.28. The highest BCUT2D eigenvalue weighted by Crippen LogP contribution is 2.31. The standard InChI is InChI=1S/C25H23F5N4O5S/c26-24(27)39-23-20-8-7-18(13-21(20)32-33-23)38-10-9-31-14-22(35)15-3-1-5-17(11-15)34-40(36,37)19-6-2-4-16(12-19)25(28,29)30/h1-8,11-13,22,24,31,34-35H,9-10,14H2,(H,32,33). The van der Waals surface area contributed by atoms with Crippen molar-refractivity contribution in [2.75, 3.05) is 24.4 Å². The lowest BCUT2D eigenvalue weighted by Crippen LogP contribution is -2.26. The zero-order valence-electron chi connectivity index (χ0n) is 20.5. The van der Waals surface area contributed by atoms with E-state index in [1.165, 1.54) is 24.3 Å². The quantitative estimate of drug-likeness (QED) is 0.140. The van der Waals surface area contributed by atoms with E-state index in [2.05, 4.69) is 25.0 Å². The smallest absolute Gasteiger partial charge is 0.416 e. The fourth-order valence-electron chi connectivity index (χ4n) is 3.70. The first kappa shape index (κ1) is 29.0. The Labute approximate surface area is 225 Å². The summed E-state index contributed by atoms with van der Waals surface area (Å²) >= 11 is 0. The summed E-state index contributed by atoms with van der Waals surface area (Å²) in [5, 5.41) is 20.1. The van der Waals surface area contributed by atoms with E-state index < -0.39 is 39.4 Å². The van der Waals surface area contributed by atoms with Crippen LogP contribution in [0.1, 0.15) is 17.2 Å². The molecule has 3 aromatic carbocycles. The molecular weight excluding hydrogens is 563 g/mol. The number of sulfonamides is 1. The maximum Gasteiger partial charge on any atom is 0.416 e. The molecule has 0 saturated heterocycles. The summed E-state index contributed by atoms with van der Waals surface area (Å²) in [6, 6.07) is 13.9. The second-order valence-electron chi connectivity index (χ2n) is 8.44. The van der Waals surface area contributed by atoms with Gasteiger partial charge in [-0.3, -0.25) is 9.82 Å². The van der Waals surface area contributed by atoms with Crippen LogP contribution in [0.4, 0.5) is 27.6 Å². The van der Waals surface area contributed by atoms with Gasteiger partial charge in [0.2, 0.25) is 5.88 Å². The zero-order chi connectivity index (χ0) is 28.9. The molecule has 0 aliphatic heterocycles. The van der Waals surface area contributed by atoms with E-state index in [9.17, 15) is 35.5 Å². The molecule has 0 spiro atoms. The van der Waals surface area contributed by atoms with Gasteiger partial charge in [-0.05, 0) is 48.0 Å². The molecule has 4 aromatic rings. The lowest BCUT2D eigenvalue weighted by atomic mass is 10.1. The summed E-state index contributed by atoms with van der Waals surface area (Å²) in [6.45, 7) is -2.40. The predicted molar refractivity (Wildman–Crippen MR) is 135 cm³/mol. The van der Waals surface area contributed by atoms with Gasteiger partial charge in [0, 0.05) is 24.8 Å². The Hall–Kier alpha value is -3.95. The van der Waals surface area contributed by atoms with Crippen LogP contribution in [0.5, 0.6) is 11.6 Å². The first-order chi connectivity index (χ1) is 18.9. The summed E-state index contributed by atoms with van der Waals surface area (Å²) < 4.78 is 101. The Kier molecular flexibility index (Phi) is 8.76. The Morgan fingerprint density at radius 2 is 1.80 bits per heavy atom. The van der Waals surface area contributed by atoms with E-state index in [-0.39, 0.29) is 24.7 Å². The van der Waals surface area contributed by atoms with Crippen molar-refractivity contribution in [1.82, 2.24) is 15.5 Å². The number of halogens is 5. The van der Waals surface area contributed by atoms with Crippen LogP contribution in [0.25, 0.3) is 10.9 Å². The van der Waals surface area contributed by atoms with E-state index in [0.29, 0.717) is 34.8 Å². The van der Waals surface area contributed by atoms with Crippen molar-refractivity contribution in [2.45, 2.75) is 23.8 Å². The highest BCUT2D eigenvalue weighted by atomic mass is 32.2. The first-order valence-corrected chi connectivity index (χ1v) is 13.2. The van der Waals surface area contributed by atoms with Crippen molar-refractivity contribution < 1.29 is 45.0 Å². The van der Waals surface area contributed by atoms with Crippen molar-refractivity contribution in [2.24, 2.45) is 0 Å². The minimum Gasteiger partial charge on any atom is -0.492 e. The van der Waals surface area contributed by atoms with Crippen LogP contribution >= 0.6 is 0 Å². The van der Waals surface area contributed by atoms with Gasteiger partial charge < -0.3 is 19.9 Å². The van der Waals surface area contributed by atoms with Crippen LogP contribution in [0.15, 0.2) is 71.6 Å². The number of rotatable bonds is 12. The third-order valence-electron chi connectivity index (χ3n) is 5.58. The van der Waals surface area contributed by atoms with E-state index in [1.807, 2.05) is 0 Å². The Bertz CT molecular complexity index is 1560. The van der Waals surface area contributed by atoms with Gasteiger partial charge in [-0.15, -0.1) is 5.10 Å². The van der Waals surface area contributed by atoms with Gasteiger partial charge in [0.1, 0.15) is 12.4 Å². The first-order valence-electron chi connectivity index (χ1n) is 11.7. The Morgan fingerprint density at radius 1 is 1.02 bits per heavy atom. The number of aliphatic hydroxyl groups is 1. The van der Waals surface area contributed by atoms with Gasteiger partial charge >= 0.3 is 12.8 Å². The monoisotopic (exact) mass is 586 g/mol. The van der Waals surface area contributed by atoms with Gasteiger partial charge in [0.05, 0.1) is 27.5 Å². The summed E-state index contributed by atoms with van der Waals surface area (Å²) in [5.74, 6) is 0.225. The van der Waals surface area contributed by atoms with E-state index >= 15 is 0 Å². The van der Waals surface area contributed by atoms with Crippen molar-refractivity contribution in [1.29, 1.82) is 0 Å². The van der Waals surface area contributed by atoms with Crippen LogP contribution in [-0.4, -0.2) is 50.0 Å². The number of fused-ring (bicyclic) bond motifs is 1. The summed E-state index contributed by atoms with van der Waals surface area (Å²) in [7, 11) is -4.32. The van der Waals surface area contributed by atoms with Gasteiger partial charge in [-0.25, -0.2) is 8.42 Å². The molecule has 0 amide bonds. The van der Waals surface area contributed by atoms with Crippen molar-refractivity contribution >= 4 is 26.6 Å². The number of nitrogens with one attached hydrogen (secondary N) is 3. The summed E-state index contributed by atoms with van der Waals surface area (Å²) in [6.07, 6.45) is -5.73. The molecule has 0 aliphatic carbocycles. The number of hydrogen-bond acceptors (Lipinski definition) is 7. The molecule has 1 atom stereocenters. The van der Waals surface area contributed by atoms with Crippen molar-refractivity contribution in [3.63, 3.8) is 0 Å². The SMILES string of the molecule is O=S(=O)(Nc1cccc(C(O)CNCCOc2ccc3c(OC(F)F)n[nH]c3c2)c1)c1cccc(C(F)(F)F)c1. The summed E-state index contributed by atoms with van der Waals surface area (Å²) in [4.78, 5) is -0.552. The number of H-pyrrole nitrogens is 1. The number of benzene rings is 3. The average molecular weight is 587 g/mol. The van der Waals surface area contributed by atoms with E-state index in [0.717, 1.165) is 18.2 Å². The highest BCUT2D eigenvalue weighted by Gasteiger charge is 2.31. The molecule has 9 nitrogen and oxygen atoms in total. The van der Waals surface area contributed by atoms with Crippen LogP contribution in [0.2, 0.25) is 0 Å². The van der Waals surface area contributed by atoms with Crippen LogP contribution in [0, 0.1) is 0 Å². The summed E-state index contributed by atoms with van der Waals surface area (Å²) in [5.41, 5.74) is -0.220. The van der Waals surface area contributed by atoms with E-state index in [4.69, 9.17) is 4.74 Å². The number of alkyl halides is 5. The molecule has 0 saturated carbocycles. The molecule has 1 unspecified atom stereocenters. The molecule has 1 heterocycles.